The first-order valence-corrected chi connectivity index (χ1v) is 9.69. The van der Waals surface area contributed by atoms with Crippen molar-refractivity contribution in [2.75, 3.05) is 6.61 Å². The van der Waals surface area contributed by atoms with Crippen LogP contribution in [0.25, 0.3) is 0 Å². The van der Waals surface area contributed by atoms with Crippen molar-refractivity contribution in [2.24, 2.45) is 5.73 Å². The van der Waals surface area contributed by atoms with Crippen LogP contribution in [0.5, 0.6) is 0 Å². The van der Waals surface area contributed by atoms with Gasteiger partial charge in [0.05, 0.1) is 11.5 Å². The highest BCUT2D eigenvalue weighted by Gasteiger charge is 2.74. The summed E-state index contributed by atoms with van der Waals surface area (Å²) < 4.78 is 31.3. The summed E-state index contributed by atoms with van der Waals surface area (Å²) in [5, 5.41) is -1.04. The Balaban J connectivity index is 2.05. The summed E-state index contributed by atoms with van der Waals surface area (Å²) in [6.07, 6.45) is 0. The predicted octanol–water partition coefficient (Wildman–Crippen LogP) is 2.20. The molecule has 2 N–H and O–H groups in total. The van der Waals surface area contributed by atoms with Gasteiger partial charge in [0.25, 0.3) is 0 Å². The molecule has 3 atom stereocenters. The second-order valence-corrected chi connectivity index (χ2v) is 8.39. The lowest BCUT2D eigenvalue weighted by atomic mass is 10.1. The Hall–Kier alpha value is -2.18. The van der Waals surface area contributed by atoms with Gasteiger partial charge in [-0.2, -0.15) is 0 Å². The summed E-state index contributed by atoms with van der Waals surface area (Å²) in [6.45, 7) is 3.70. The monoisotopic (exact) mass is 359 g/mol. The summed E-state index contributed by atoms with van der Waals surface area (Å²) in [5.74, 6) is -1.30. The standard InChI is InChI=1S/C19H21NO4S/c1-3-24-18(21)19(20)16(14-7-5-4-6-8-14)17(19)25(22,23)15-11-9-13(2)10-12-15/h4-12,16-17H,3,20H2,1-2H3/t16-,17+,19-/m0/s1. The summed E-state index contributed by atoms with van der Waals surface area (Å²) in [7, 11) is -3.78. The molecule has 3 rings (SSSR count). The van der Waals surface area contributed by atoms with E-state index in [9.17, 15) is 13.2 Å². The minimum Gasteiger partial charge on any atom is -0.465 e. The van der Waals surface area contributed by atoms with Gasteiger partial charge >= 0.3 is 5.97 Å². The first-order chi connectivity index (χ1) is 11.8. The summed E-state index contributed by atoms with van der Waals surface area (Å²) in [5.41, 5.74) is 6.41. The third-order valence-corrected chi connectivity index (χ3v) is 6.91. The molecule has 0 saturated heterocycles. The Morgan fingerprint density at radius 2 is 1.72 bits per heavy atom. The molecule has 2 aromatic rings. The largest absolute Gasteiger partial charge is 0.465 e. The fourth-order valence-corrected chi connectivity index (χ4v) is 5.52. The molecule has 0 unspecified atom stereocenters. The fraction of sp³-hybridized carbons (Fsp3) is 0.316. The Morgan fingerprint density at radius 3 is 2.28 bits per heavy atom. The van der Waals surface area contributed by atoms with Crippen LogP contribution in [0.4, 0.5) is 0 Å². The maximum Gasteiger partial charge on any atom is 0.328 e. The lowest BCUT2D eigenvalue weighted by Gasteiger charge is -2.11. The molecule has 2 aromatic carbocycles. The molecular weight excluding hydrogens is 338 g/mol. The fourth-order valence-electron chi connectivity index (χ4n) is 3.29. The Bertz CT molecular complexity index is 877. The molecule has 6 heteroatoms. The molecule has 0 radical (unpaired) electrons. The number of hydrogen-bond donors (Lipinski definition) is 1. The van der Waals surface area contributed by atoms with Crippen LogP contribution in [0, 0.1) is 6.92 Å². The zero-order valence-corrected chi connectivity index (χ0v) is 15.0. The molecule has 1 aliphatic rings. The smallest absolute Gasteiger partial charge is 0.328 e. The highest BCUT2D eigenvalue weighted by Crippen LogP contribution is 2.56. The van der Waals surface area contributed by atoms with E-state index in [1.54, 1.807) is 55.5 Å². The van der Waals surface area contributed by atoms with E-state index in [0.717, 1.165) is 11.1 Å². The van der Waals surface area contributed by atoms with Crippen LogP contribution in [0.1, 0.15) is 24.0 Å². The average molecular weight is 359 g/mol. The van der Waals surface area contributed by atoms with E-state index in [4.69, 9.17) is 10.5 Å². The summed E-state index contributed by atoms with van der Waals surface area (Å²) in [4.78, 5) is 12.6. The van der Waals surface area contributed by atoms with Crippen LogP contribution in [0.2, 0.25) is 0 Å². The third-order valence-electron chi connectivity index (χ3n) is 4.65. The van der Waals surface area contributed by atoms with Gasteiger partial charge in [0.2, 0.25) is 0 Å². The molecule has 0 aromatic heterocycles. The topological polar surface area (TPSA) is 86.5 Å². The van der Waals surface area contributed by atoms with Gasteiger partial charge in [0.15, 0.2) is 9.84 Å². The number of sulfone groups is 1. The highest BCUT2D eigenvalue weighted by atomic mass is 32.2. The van der Waals surface area contributed by atoms with Crippen LogP contribution in [0.3, 0.4) is 0 Å². The van der Waals surface area contributed by atoms with E-state index in [1.165, 1.54) is 0 Å². The lowest BCUT2D eigenvalue weighted by Crippen LogP contribution is -2.41. The Labute approximate surface area is 147 Å². The number of carbonyl (C=O) groups is 1. The quantitative estimate of drug-likeness (QED) is 0.827. The van der Waals surface area contributed by atoms with Gasteiger partial charge in [0, 0.05) is 5.92 Å². The number of aryl methyl sites for hydroxylation is 1. The van der Waals surface area contributed by atoms with Gasteiger partial charge in [0.1, 0.15) is 10.8 Å². The van der Waals surface area contributed by atoms with Crippen LogP contribution in [-0.4, -0.2) is 31.8 Å². The van der Waals surface area contributed by atoms with Crippen LogP contribution < -0.4 is 5.73 Å². The first-order valence-electron chi connectivity index (χ1n) is 8.15. The SMILES string of the molecule is CCOC(=O)[C@@]1(N)[C@H](S(=O)(=O)c2ccc(C)cc2)[C@@H]1c1ccccc1. The zero-order valence-electron chi connectivity index (χ0n) is 14.2. The molecule has 5 nitrogen and oxygen atoms in total. The molecule has 1 saturated carbocycles. The zero-order chi connectivity index (χ0) is 18.2. The molecule has 132 valence electrons. The van der Waals surface area contributed by atoms with Crippen molar-refractivity contribution in [2.45, 2.75) is 35.4 Å². The molecule has 0 aliphatic heterocycles. The van der Waals surface area contributed by atoms with E-state index in [-0.39, 0.29) is 11.5 Å². The second kappa shape index (κ2) is 6.28. The number of benzene rings is 2. The van der Waals surface area contributed by atoms with Crippen molar-refractivity contribution in [1.29, 1.82) is 0 Å². The number of nitrogens with two attached hydrogens (primary N) is 1. The predicted molar refractivity (Wildman–Crippen MR) is 94.9 cm³/mol. The molecule has 0 amide bonds. The lowest BCUT2D eigenvalue weighted by molar-refractivity contribution is -0.145. The Kier molecular flexibility index (Phi) is 4.43. The summed E-state index contributed by atoms with van der Waals surface area (Å²) >= 11 is 0. The minimum atomic E-state index is -3.78. The molecule has 0 bridgehead atoms. The first kappa shape index (κ1) is 17.6. The van der Waals surface area contributed by atoms with E-state index in [0.29, 0.717) is 0 Å². The van der Waals surface area contributed by atoms with Crippen LogP contribution in [-0.2, 0) is 19.4 Å². The Morgan fingerprint density at radius 1 is 1.12 bits per heavy atom. The molecule has 1 fully saturated rings. The van der Waals surface area contributed by atoms with Gasteiger partial charge in [-0.3, -0.25) is 0 Å². The molecule has 25 heavy (non-hydrogen) atoms. The highest BCUT2D eigenvalue weighted by molar-refractivity contribution is 7.92. The molecule has 0 heterocycles. The van der Waals surface area contributed by atoms with E-state index >= 15 is 0 Å². The van der Waals surface area contributed by atoms with Crippen molar-refractivity contribution >= 4 is 15.8 Å². The third kappa shape index (κ3) is 2.85. The minimum absolute atomic E-state index is 0.149. The van der Waals surface area contributed by atoms with Crippen LogP contribution in [0.15, 0.2) is 59.5 Å². The van der Waals surface area contributed by atoms with E-state index in [2.05, 4.69) is 0 Å². The van der Waals surface area contributed by atoms with Gasteiger partial charge in [-0.1, -0.05) is 48.0 Å². The van der Waals surface area contributed by atoms with Gasteiger partial charge in [-0.05, 0) is 31.5 Å². The van der Waals surface area contributed by atoms with Gasteiger partial charge in [-0.25, -0.2) is 13.2 Å². The number of carbonyl (C=O) groups excluding carboxylic acids is 1. The van der Waals surface area contributed by atoms with Gasteiger partial charge < -0.3 is 10.5 Å². The molecular formula is C19H21NO4S. The number of rotatable bonds is 5. The van der Waals surface area contributed by atoms with Crippen molar-refractivity contribution < 1.29 is 17.9 Å². The molecule has 0 spiro atoms. The van der Waals surface area contributed by atoms with Crippen molar-refractivity contribution in [3.8, 4) is 0 Å². The number of esters is 1. The van der Waals surface area contributed by atoms with Crippen LogP contribution >= 0.6 is 0 Å². The van der Waals surface area contributed by atoms with Crippen molar-refractivity contribution in [3.63, 3.8) is 0 Å². The normalized spacial score (nSPS) is 25.4. The van der Waals surface area contributed by atoms with Crippen molar-refractivity contribution in [3.05, 3.63) is 65.7 Å². The number of hydrogen-bond acceptors (Lipinski definition) is 5. The average Bonchev–Trinajstić information content (AvgIpc) is 3.25. The second-order valence-electron chi connectivity index (χ2n) is 6.32. The van der Waals surface area contributed by atoms with E-state index < -0.39 is 32.5 Å². The maximum absolute atomic E-state index is 13.1. The summed E-state index contributed by atoms with van der Waals surface area (Å²) in [6, 6.07) is 15.6. The van der Waals surface area contributed by atoms with Gasteiger partial charge in [-0.15, -0.1) is 0 Å². The maximum atomic E-state index is 13.1. The molecule has 1 aliphatic carbocycles. The number of ether oxygens (including phenoxy) is 1. The van der Waals surface area contributed by atoms with E-state index in [1.807, 2.05) is 13.0 Å². The van der Waals surface area contributed by atoms with Crippen molar-refractivity contribution in [1.82, 2.24) is 0 Å².